The second-order valence-corrected chi connectivity index (χ2v) is 5.66. The van der Waals surface area contributed by atoms with Crippen molar-refractivity contribution >= 4 is 34.1 Å². The zero-order chi connectivity index (χ0) is 16.9. The molecule has 0 atom stereocenters. The van der Waals surface area contributed by atoms with Crippen LogP contribution in [0.5, 0.6) is 0 Å². The molecule has 0 radical (unpaired) electrons. The van der Waals surface area contributed by atoms with Gasteiger partial charge in [-0.05, 0) is 23.6 Å². The maximum absolute atomic E-state index is 12.2. The molecule has 0 aliphatic heterocycles. The molecule has 24 heavy (non-hydrogen) atoms. The van der Waals surface area contributed by atoms with E-state index in [1.165, 1.54) is 11.3 Å². The van der Waals surface area contributed by atoms with E-state index >= 15 is 0 Å². The van der Waals surface area contributed by atoms with E-state index in [9.17, 15) is 14.4 Å². The minimum atomic E-state index is -0.679. The predicted octanol–water partition coefficient (Wildman–Crippen LogP) is 0.784. The number of fused-ring (bicyclic) bond motifs is 1. The van der Waals surface area contributed by atoms with Gasteiger partial charge in [-0.3, -0.25) is 14.4 Å². The standard InChI is InChI=1S/C15H12N4O4S/c20-13(8-16-14(21)12-6-3-7-24-12)23-9-19-15(22)10-4-1-2-5-11(10)17-18-19/h1-7H,8-9H2,(H,16,21). The molecule has 3 rings (SSSR count). The van der Waals surface area contributed by atoms with Crippen LogP contribution in [0.2, 0.25) is 0 Å². The summed E-state index contributed by atoms with van der Waals surface area (Å²) in [6.45, 7) is -0.670. The lowest BCUT2D eigenvalue weighted by Gasteiger charge is -2.07. The number of benzene rings is 1. The van der Waals surface area contributed by atoms with E-state index in [1.807, 2.05) is 0 Å². The smallest absolute Gasteiger partial charge is 0.327 e. The maximum atomic E-state index is 12.2. The molecule has 1 N–H and O–H groups in total. The third-order valence-corrected chi connectivity index (χ3v) is 3.98. The van der Waals surface area contributed by atoms with Gasteiger partial charge in [-0.2, -0.15) is 4.68 Å². The van der Waals surface area contributed by atoms with E-state index in [4.69, 9.17) is 4.74 Å². The van der Waals surface area contributed by atoms with Crippen LogP contribution in [-0.4, -0.2) is 33.4 Å². The highest BCUT2D eigenvalue weighted by Crippen LogP contribution is 2.07. The SMILES string of the molecule is O=C(CNC(=O)c1cccs1)OCn1nnc2ccccc2c1=O. The van der Waals surface area contributed by atoms with Crippen molar-refractivity contribution in [2.75, 3.05) is 6.54 Å². The molecule has 3 aromatic rings. The van der Waals surface area contributed by atoms with Crippen molar-refractivity contribution in [3.63, 3.8) is 0 Å². The number of esters is 1. The van der Waals surface area contributed by atoms with Gasteiger partial charge in [0, 0.05) is 0 Å². The van der Waals surface area contributed by atoms with Gasteiger partial charge in [0.2, 0.25) is 0 Å². The van der Waals surface area contributed by atoms with Crippen molar-refractivity contribution in [1.29, 1.82) is 0 Å². The number of nitrogens with zero attached hydrogens (tertiary/aromatic N) is 3. The first-order chi connectivity index (χ1) is 11.6. The molecule has 8 nitrogen and oxygen atoms in total. The minimum absolute atomic E-state index is 0.299. The summed E-state index contributed by atoms with van der Waals surface area (Å²) in [5.74, 6) is -1.04. The summed E-state index contributed by atoms with van der Waals surface area (Å²) >= 11 is 1.27. The average Bonchev–Trinajstić information content (AvgIpc) is 3.14. The first-order valence-electron chi connectivity index (χ1n) is 6.95. The van der Waals surface area contributed by atoms with Gasteiger partial charge in [0.05, 0.1) is 10.3 Å². The van der Waals surface area contributed by atoms with Gasteiger partial charge < -0.3 is 10.1 Å². The number of carbonyl (C=O) groups excluding carboxylic acids is 2. The van der Waals surface area contributed by atoms with Gasteiger partial charge in [0.1, 0.15) is 12.1 Å². The van der Waals surface area contributed by atoms with Crippen LogP contribution in [0.1, 0.15) is 9.67 Å². The van der Waals surface area contributed by atoms with Crippen LogP contribution in [0, 0.1) is 0 Å². The van der Waals surface area contributed by atoms with E-state index in [-0.39, 0.29) is 19.2 Å². The number of amides is 1. The number of rotatable bonds is 5. The first-order valence-corrected chi connectivity index (χ1v) is 7.83. The molecule has 1 aromatic carbocycles. The molecule has 0 saturated heterocycles. The molecule has 0 saturated carbocycles. The molecular formula is C15H12N4O4S. The minimum Gasteiger partial charge on any atom is -0.441 e. The third kappa shape index (κ3) is 3.46. The number of hydrogen-bond donors (Lipinski definition) is 1. The molecule has 0 unspecified atom stereocenters. The summed E-state index contributed by atoms with van der Waals surface area (Å²) in [4.78, 5) is 36.0. The van der Waals surface area contributed by atoms with Gasteiger partial charge in [-0.25, -0.2) is 0 Å². The topological polar surface area (TPSA) is 103 Å². The lowest BCUT2D eigenvalue weighted by molar-refractivity contribution is -0.146. The van der Waals surface area contributed by atoms with E-state index in [0.29, 0.717) is 15.8 Å². The lowest BCUT2D eigenvalue weighted by atomic mass is 10.2. The summed E-state index contributed by atoms with van der Waals surface area (Å²) in [5.41, 5.74) is 0.0595. The van der Waals surface area contributed by atoms with Crippen molar-refractivity contribution in [3.05, 3.63) is 57.0 Å². The third-order valence-electron chi connectivity index (χ3n) is 3.12. The van der Waals surface area contributed by atoms with Crippen LogP contribution >= 0.6 is 11.3 Å². The van der Waals surface area contributed by atoms with Crippen LogP contribution in [-0.2, 0) is 16.3 Å². The van der Waals surface area contributed by atoms with Crippen molar-refractivity contribution in [3.8, 4) is 0 Å². The Kier molecular flexibility index (Phi) is 4.62. The van der Waals surface area contributed by atoms with Crippen LogP contribution in [0.15, 0.2) is 46.6 Å². The van der Waals surface area contributed by atoms with Gasteiger partial charge >= 0.3 is 5.97 Å². The van der Waals surface area contributed by atoms with E-state index in [2.05, 4.69) is 15.6 Å². The fourth-order valence-corrected chi connectivity index (χ4v) is 2.58. The number of hydrogen-bond acceptors (Lipinski definition) is 7. The van der Waals surface area contributed by atoms with Crippen molar-refractivity contribution in [1.82, 2.24) is 20.3 Å². The van der Waals surface area contributed by atoms with Crippen LogP contribution in [0.4, 0.5) is 0 Å². The summed E-state index contributed by atoms with van der Waals surface area (Å²) in [5, 5.41) is 12.2. The monoisotopic (exact) mass is 344 g/mol. The Hall–Kier alpha value is -3.07. The molecular weight excluding hydrogens is 332 g/mol. The average molecular weight is 344 g/mol. The second-order valence-electron chi connectivity index (χ2n) is 4.72. The second kappa shape index (κ2) is 7.01. The Morgan fingerprint density at radius 2 is 2.04 bits per heavy atom. The molecule has 0 aliphatic rings. The quantitative estimate of drug-likeness (QED) is 0.686. The highest BCUT2D eigenvalue weighted by Gasteiger charge is 2.11. The molecule has 2 heterocycles. The molecule has 0 bridgehead atoms. The number of ether oxygens (including phenoxy) is 1. The summed E-state index contributed by atoms with van der Waals surface area (Å²) in [7, 11) is 0. The summed E-state index contributed by atoms with van der Waals surface area (Å²) < 4.78 is 5.88. The molecule has 0 fully saturated rings. The van der Waals surface area contributed by atoms with Crippen LogP contribution in [0.25, 0.3) is 10.9 Å². The van der Waals surface area contributed by atoms with E-state index < -0.39 is 11.5 Å². The Balaban J connectivity index is 1.57. The summed E-state index contributed by atoms with van der Waals surface area (Å²) in [6.07, 6.45) is 0. The maximum Gasteiger partial charge on any atom is 0.327 e. The number of thiophene rings is 1. The zero-order valence-corrected chi connectivity index (χ0v) is 13.2. The van der Waals surface area contributed by atoms with Gasteiger partial charge in [0.25, 0.3) is 11.5 Å². The lowest BCUT2D eigenvalue weighted by Crippen LogP contribution is -2.32. The highest BCUT2D eigenvalue weighted by molar-refractivity contribution is 7.12. The number of carbonyl (C=O) groups is 2. The van der Waals surface area contributed by atoms with E-state index in [1.54, 1.807) is 41.8 Å². The Labute approximate surface area is 139 Å². The predicted molar refractivity (Wildman–Crippen MR) is 86.5 cm³/mol. The highest BCUT2D eigenvalue weighted by atomic mass is 32.1. The molecule has 122 valence electrons. The Morgan fingerprint density at radius 1 is 1.21 bits per heavy atom. The van der Waals surface area contributed by atoms with Crippen LogP contribution < -0.4 is 10.9 Å². The zero-order valence-electron chi connectivity index (χ0n) is 12.3. The molecule has 0 aliphatic carbocycles. The Bertz CT molecular complexity index is 936. The first kappa shape index (κ1) is 15.8. The normalized spacial score (nSPS) is 10.5. The number of nitrogens with one attached hydrogen (secondary N) is 1. The van der Waals surface area contributed by atoms with Crippen LogP contribution in [0.3, 0.4) is 0 Å². The van der Waals surface area contributed by atoms with Crippen molar-refractivity contribution in [2.24, 2.45) is 0 Å². The molecule has 9 heteroatoms. The molecule has 0 spiro atoms. The fourth-order valence-electron chi connectivity index (χ4n) is 1.94. The fraction of sp³-hybridized carbons (Fsp3) is 0.133. The van der Waals surface area contributed by atoms with E-state index in [0.717, 1.165) is 4.68 Å². The Morgan fingerprint density at radius 3 is 2.83 bits per heavy atom. The molecule has 1 amide bonds. The van der Waals surface area contributed by atoms with Gasteiger partial charge in [0.15, 0.2) is 6.73 Å². The summed E-state index contributed by atoms with van der Waals surface area (Å²) in [6, 6.07) is 10.1. The van der Waals surface area contributed by atoms with Crippen molar-refractivity contribution < 1.29 is 14.3 Å². The van der Waals surface area contributed by atoms with Gasteiger partial charge in [-0.15, -0.1) is 16.4 Å². The van der Waals surface area contributed by atoms with Crippen molar-refractivity contribution in [2.45, 2.75) is 6.73 Å². The number of aromatic nitrogens is 3. The van der Waals surface area contributed by atoms with Gasteiger partial charge in [-0.1, -0.05) is 23.4 Å². The largest absolute Gasteiger partial charge is 0.441 e. The molecule has 2 aromatic heterocycles.